The molecule has 12 aromatic rings. The minimum Gasteiger partial charge on any atom is -0.456 e. The summed E-state index contributed by atoms with van der Waals surface area (Å²) in [4.78, 5) is 0. The van der Waals surface area contributed by atoms with Crippen molar-refractivity contribution < 1.29 is 14.0 Å². The summed E-state index contributed by atoms with van der Waals surface area (Å²) in [6.45, 7) is 0. The van der Waals surface area contributed by atoms with Gasteiger partial charge in [-0.05, 0) is 76.8 Å². The van der Waals surface area contributed by atoms with E-state index >= 15 is 0 Å². The molecule has 0 spiro atoms. The van der Waals surface area contributed by atoms with E-state index in [-0.39, 0.29) is 57.6 Å². The van der Waals surface area contributed by atoms with E-state index in [1.165, 1.54) is 0 Å². The van der Waals surface area contributed by atoms with Gasteiger partial charge in [0.1, 0.15) is 11.2 Å². The highest BCUT2D eigenvalue weighted by Gasteiger charge is 2.20. The highest BCUT2D eigenvalue weighted by Crippen LogP contribution is 2.42. The lowest BCUT2D eigenvalue weighted by Gasteiger charge is -2.14. The molecule has 0 fully saturated rings. The van der Waals surface area contributed by atoms with Crippen molar-refractivity contribution in [1.29, 1.82) is 0 Å². The zero-order chi connectivity index (χ0) is 43.5. The first kappa shape index (κ1) is 25.5. The van der Waals surface area contributed by atoms with E-state index in [1.807, 2.05) is 115 Å². The first-order chi connectivity index (χ1) is 31.2. The van der Waals surface area contributed by atoms with Crippen LogP contribution in [-0.4, -0.2) is 9.13 Å². The van der Waals surface area contributed by atoms with Gasteiger partial charge in [-0.3, -0.25) is 0 Å². The monoisotopic (exact) mass is 733 g/mol. The molecule has 0 saturated carbocycles. The molecule has 0 N–H and O–H groups in total. The maximum absolute atomic E-state index is 9.98. The summed E-state index contributed by atoms with van der Waals surface area (Å²) >= 11 is 0. The Morgan fingerprint density at radius 3 is 1.96 bits per heavy atom. The topological polar surface area (TPSA) is 23.0 Å². The Bertz CT molecular complexity index is 3930. The Labute approximate surface area is 338 Å². The number of hydrogen-bond acceptors (Lipinski definition) is 1. The number of fused-ring (bicyclic) bond motifs is 9. The molecule has 9 aromatic carbocycles. The molecule has 0 radical (unpaired) electrons. The average Bonchev–Trinajstić information content (AvgIpc) is 4.01. The second-order valence-corrected chi connectivity index (χ2v) is 14.3. The molecule has 0 unspecified atom stereocenters. The number of rotatable bonds is 5. The van der Waals surface area contributed by atoms with Crippen molar-refractivity contribution in [3.05, 3.63) is 206 Å². The summed E-state index contributed by atoms with van der Waals surface area (Å²) in [6.07, 6.45) is 0. The molecule has 0 atom stereocenters. The smallest absolute Gasteiger partial charge is 0.137 e. The van der Waals surface area contributed by atoms with Crippen LogP contribution in [0.25, 0.3) is 110 Å². The minimum atomic E-state index is -0.431. The van der Waals surface area contributed by atoms with Crippen LogP contribution in [0.3, 0.4) is 0 Å². The van der Waals surface area contributed by atoms with Crippen molar-refractivity contribution >= 4 is 65.6 Å². The Morgan fingerprint density at radius 2 is 1.09 bits per heavy atom. The van der Waals surface area contributed by atoms with E-state index < -0.39 is 12.1 Å². The van der Waals surface area contributed by atoms with Crippen LogP contribution in [0.4, 0.5) is 0 Å². The van der Waals surface area contributed by atoms with Crippen LogP contribution >= 0.6 is 0 Å². The van der Waals surface area contributed by atoms with E-state index in [2.05, 4.69) is 53.1 Å². The van der Waals surface area contributed by atoms with Crippen molar-refractivity contribution in [1.82, 2.24) is 9.13 Å². The number of furan rings is 1. The molecule has 0 aliphatic rings. The van der Waals surface area contributed by atoms with Crippen molar-refractivity contribution in [2.75, 3.05) is 0 Å². The second kappa shape index (κ2) is 12.5. The third kappa shape index (κ3) is 4.86. The molecule has 0 amide bonds. The predicted molar refractivity (Wildman–Crippen MR) is 239 cm³/mol. The number of nitrogens with zero attached hydrogens (tertiary/aromatic N) is 2. The molecule has 0 aliphatic heterocycles. The first-order valence-corrected chi connectivity index (χ1v) is 18.9. The van der Waals surface area contributed by atoms with E-state index in [4.69, 9.17) is 7.16 Å². The molecule has 3 nitrogen and oxygen atoms in total. The fraction of sp³-hybridized carbons (Fsp3) is 0. The minimum absolute atomic E-state index is 0.0922. The van der Waals surface area contributed by atoms with Crippen LogP contribution < -0.4 is 0 Å². The highest BCUT2D eigenvalue weighted by atomic mass is 16.3. The van der Waals surface area contributed by atoms with Crippen LogP contribution in [0, 0.1) is 0 Å². The first-order valence-electron chi connectivity index (χ1n) is 22.4. The lowest BCUT2D eigenvalue weighted by atomic mass is 9.99. The summed E-state index contributed by atoms with van der Waals surface area (Å²) in [5, 5.41) is 4.22. The number of aromatic nitrogens is 2. The van der Waals surface area contributed by atoms with Gasteiger partial charge in [0, 0.05) is 55.2 Å². The standard InChI is InChI=1S/C54H34N2O/c1-3-14-35(15-4-1)40-18-7-10-23-48(40)56-49-24-11-8-19-42(49)46-32-37(27-31-51(46)56)38-26-30-50-47(33-38)45-22-13-21-41(36-16-5-2-6-17-36)54(45)55(50)39-28-29-44-43-20-9-12-25-52(43)57-53(44)34-39/h1-34H/i8D,11D,19D,24D,27D,31D,32D. The molecular weight excluding hydrogens is 693 g/mol. The van der Waals surface area contributed by atoms with Crippen molar-refractivity contribution in [2.45, 2.75) is 0 Å². The van der Waals surface area contributed by atoms with Gasteiger partial charge >= 0.3 is 0 Å². The van der Waals surface area contributed by atoms with Crippen LogP contribution in [0.15, 0.2) is 211 Å². The Morgan fingerprint density at radius 1 is 0.386 bits per heavy atom. The van der Waals surface area contributed by atoms with Crippen LogP contribution in [0.5, 0.6) is 0 Å². The molecule has 0 aliphatic carbocycles. The van der Waals surface area contributed by atoms with Crippen LogP contribution in [-0.2, 0) is 0 Å². The van der Waals surface area contributed by atoms with Gasteiger partial charge in [-0.15, -0.1) is 0 Å². The number of hydrogen-bond donors (Lipinski definition) is 0. The van der Waals surface area contributed by atoms with Gasteiger partial charge in [-0.1, -0.05) is 145 Å². The molecule has 3 heteroatoms. The molecule has 3 heterocycles. The summed E-state index contributed by atoms with van der Waals surface area (Å²) in [5.41, 5.74) is 9.70. The van der Waals surface area contributed by atoms with Gasteiger partial charge in [-0.2, -0.15) is 0 Å². The molecular formula is C54H34N2O. The molecule has 266 valence electrons. The summed E-state index contributed by atoms with van der Waals surface area (Å²) in [5.74, 6) is 0. The summed E-state index contributed by atoms with van der Waals surface area (Å²) in [6, 6.07) is 51.9. The van der Waals surface area contributed by atoms with E-state index in [0.717, 1.165) is 71.7 Å². The Kier molecular flexibility index (Phi) is 5.56. The quantitative estimate of drug-likeness (QED) is 0.173. The second-order valence-electron chi connectivity index (χ2n) is 14.3. The third-order valence-corrected chi connectivity index (χ3v) is 11.2. The fourth-order valence-corrected chi connectivity index (χ4v) is 8.63. The van der Waals surface area contributed by atoms with Crippen LogP contribution in [0.1, 0.15) is 9.60 Å². The normalized spacial score (nSPS) is 13.6. The van der Waals surface area contributed by atoms with Gasteiger partial charge in [0.25, 0.3) is 0 Å². The van der Waals surface area contributed by atoms with Crippen molar-refractivity contribution in [3.8, 4) is 44.8 Å². The summed E-state index contributed by atoms with van der Waals surface area (Å²) in [7, 11) is 0. The number of para-hydroxylation sites is 4. The molecule has 0 bridgehead atoms. The van der Waals surface area contributed by atoms with Crippen molar-refractivity contribution in [3.63, 3.8) is 0 Å². The molecule has 3 aromatic heterocycles. The van der Waals surface area contributed by atoms with Gasteiger partial charge < -0.3 is 13.6 Å². The lowest BCUT2D eigenvalue weighted by molar-refractivity contribution is 0.668. The van der Waals surface area contributed by atoms with Gasteiger partial charge in [0.15, 0.2) is 0 Å². The zero-order valence-electron chi connectivity index (χ0n) is 37.4. The zero-order valence-corrected chi connectivity index (χ0v) is 30.4. The predicted octanol–water partition coefficient (Wildman–Crippen LogP) is 14.8. The fourth-order valence-electron chi connectivity index (χ4n) is 8.63. The van der Waals surface area contributed by atoms with Crippen molar-refractivity contribution in [2.24, 2.45) is 0 Å². The van der Waals surface area contributed by atoms with Crippen LogP contribution in [0.2, 0.25) is 0 Å². The Balaban J connectivity index is 1.16. The van der Waals surface area contributed by atoms with E-state index in [9.17, 15) is 6.85 Å². The van der Waals surface area contributed by atoms with Gasteiger partial charge in [0.05, 0.1) is 37.3 Å². The molecule has 12 rings (SSSR count). The highest BCUT2D eigenvalue weighted by molar-refractivity contribution is 6.16. The molecule has 0 saturated heterocycles. The Hall–Kier alpha value is -7.62. The largest absolute Gasteiger partial charge is 0.456 e. The summed E-state index contributed by atoms with van der Waals surface area (Å²) < 4.78 is 75.6. The number of benzene rings is 9. The maximum Gasteiger partial charge on any atom is 0.137 e. The van der Waals surface area contributed by atoms with Gasteiger partial charge in [-0.25, -0.2) is 0 Å². The maximum atomic E-state index is 9.98. The SMILES string of the molecule is [2H]c1c([2H])c([2H])c2c(c1[2H])c1c([2H])c(-c3ccc4c(c3)c3cccc(-c5ccccc5)c3n4-c3ccc4c(c3)oc3ccccc34)c([2H])c([2H])c1n2-c1ccccc1-c1ccccc1. The van der Waals surface area contributed by atoms with E-state index in [0.29, 0.717) is 11.3 Å². The molecule has 57 heavy (non-hydrogen) atoms. The average molecular weight is 734 g/mol. The lowest BCUT2D eigenvalue weighted by Crippen LogP contribution is -1.97. The van der Waals surface area contributed by atoms with Gasteiger partial charge in [0.2, 0.25) is 0 Å². The van der Waals surface area contributed by atoms with E-state index in [1.54, 1.807) is 4.57 Å². The third-order valence-electron chi connectivity index (χ3n) is 11.2.